The van der Waals surface area contributed by atoms with Crippen LogP contribution in [-0.2, 0) is 6.54 Å². The molecule has 1 atom stereocenters. The Hall–Kier alpha value is -0.810. The molecule has 1 N–H and O–H groups in total. The van der Waals surface area contributed by atoms with Gasteiger partial charge in [-0.25, -0.2) is 0 Å². The molecule has 1 aliphatic rings. The SMILES string of the molecule is CCCNCc1ccc(N2CCSC(C)C2)nn1. The van der Waals surface area contributed by atoms with Gasteiger partial charge >= 0.3 is 0 Å². The van der Waals surface area contributed by atoms with E-state index in [1.807, 2.05) is 11.8 Å². The molecule has 1 aromatic rings. The van der Waals surface area contributed by atoms with Gasteiger partial charge in [-0.2, -0.15) is 16.9 Å². The number of anilines is 1. The van der Waals surface area contributed by atoms with Crippen molar-refractivity contribution in [2.24, 2.45) is 0 Å². The second-order valence-electron chi connectivity index (χ2n) is 4.69. The molecule has 0 spiro atoms. The maximum absolute atomic E-state index is 4.34. The molecule has 4 nitrogen and oxygen atoms in total. The highest BCUT2D eigenvalue weighted by Crippen LogP contribution is 2.21. The average molecular weight is 266 g/mol. The van der Waals surface area contributed by atoms with E-state index in [2.05, 4.69) is 46.4 Å². The van der Waals surface area contributed by atoms with Crippen molar-refractivity contribution in [3.63, 3.8) is 0 Å². The van der Waals surface area contributed by atoms with Gasteiger partial charge in [0.1, 0.15) is 0 Å². The number of nitrogens with one attached hydrogen (secondary N) is 1. The van der Waals surface area contributed by atoms with Crippen molar-refractivity contribution in [1.29, 1.82) is 0 Å². The molecular weight excluding hydrogens is 244 g/mol. The topological polar surface area (TPSA) is 41.0 Å². The molecule has 1 fully saturated rings. The van der Waals surface area contributed by atoms with E-state index in [4.69, 9.17) is 0 Å². The summed E-state index contributed by atoms with van der Waals surface area (Å²) in [6.45, 7) is 8.44. The highest BCUT2D eigenvalue weighted by molar-refractivity contribution is 8.00. The van der Waals surface area contributed by atoms with Gasteiger partial charge in [-0.1, -0.05) is 13.8 Å². The maximum Gasteiger partial charge on any atom is 0.151 e. The van der Waals surface area contributed by atoms with Gasteiger partial charge in [0.15, 0.2) is 5.82 Å². The highest BCUT2D eigenvalue weighted by Gasteiger charge is 2.17. The molecule has 18 heavy (non-hydrogen) atoms. The number of aromatic nitrogens is 2. The first-order chi connectivity index (χ1) is 8.79. The summed E-state index contributed by atoms with van der Waals surface area (Å²) in [5, 5.41) is 12.7. The second-order valence-corrected chi connectivity index (χ2v) is 6.23. The smallest absolute Gasteiger partial charge is 0.151 e. The van der Waals surface area contributed by atoms with Gasteiger partial charge in [0, 0.05) is 30.6 Å². The second kappa shape index (κ2) is 6.95. The minimum Gasteiger partial charge on any atom is -0.353 e. The first kappa shape index (κ1) is 13.6. The van der Waals surface area contributed by atoms with Crippen molar-refractivity contribution in [3.8, 4) is 0 Å². The number of thioether (sulfide) groups is 1. The molecule has 2 rings (SSSR count). The van der Waals surface area contributed by atoms with Crippen LogP contribution >= 0.6 is 11.8 Å². The normalized spacial score (nSPS) is 20.1. The van der Waals surface area contributed by atoms with Crippen molar-refractivity contribution >= 4 is 17.6 Å². The Labute approximate surface area is 114 Å². The molecule has 1 aliphatic heterocycles. The van der Waals surface area contributed by atoms with Crippen molar-refractivity contribution < 1.29 is 0 Å². The molecule has 0 aromatic carbocycles. The summed E-state index contributed by atoms with van der Waals surface area (Å²) < 4.78 is 0. The van der Waals surface area contributed by atoms with E-state index in [-0.39, 0.29) is 0 Å². The van der Waals surface area contributed by atoms with Crippen LogP contribution in [0.15, 0.2) is 12.1 Å². The van der Waals surface area contributed by atoms with E-state index in [0.29, 0.717) is 5.25 Å². The van der Waals surface area contributed by atoms with Crippen LogP contribution in [0, 0.1) is 0 Å². The molecular formula is C13H22N4S. The van der Waals surface area contributed by atoms with Crippen LogP contribution in [0.25, 0.3) is 0 Å². The largest absolute Gasteiger partial charge is 0.353 e. The molecule has 0 radical (unpaired) electrons. The van der Waals surface area contributed by atoms with Gasteiger partial charge in [0.25, 0.3) is 0 Å². The first-order valence-electron chi connectivity index (χ1n) is 6.69. The number of rotatable bonds is 5. The monoisotopic (exact) mass is 266 g/mol. The Morgan fingerprint density at radius 1 is 1.44 bits per heavy atom. The summed E-state index contributed by atoms with van der Waals surface area (Å²) in [7, 11) is 0. The third-order valence-electron chi connectivity index (χ3n) is 3.00. The molecule has 0 bridgehead atoms. The third kappa shape index (κ3) is 3.85. The van der Waals surface area contributed by atoms with Crippen LogP contribution in [0.4, 0.5) is 5.82 Å². The summed E-state index contributed by atoms with van der Waals surface area (Å²) >= 11 is 2.03. The highest BCUT2D eigenvalue weighted by atomic mass is 32.2. The van der Waals surface area contributed by atoms with Crippen LogP contribution in [0.1, 0.15) is 26.0 Å². The fourth-order valence-electron chi connectivity index (χ4n) is 2.04. The van der Waals surface area contributed by atoms with Gasteiger partial charge < -0.3 is 10.2 Å². The standard InChI is InChI=1S/C13H22N4S/c1-3-6-14-9-12-4-5-13(16-15-12)17-7-8-18-11(2)10-17/h4-5,11,14H,3,6-10H2,1-2H3. The Kier molecular flexibility index (Phi) is 5.26. The lowest BCUT2D eigenvalue weighted by molar-refractivity contribution is 0.654. The summed E-state index contributed by atoms with van der Waals surface area (Å²) in [5.41, 5.74) is 1.02. The minimum absolute atomic E-state index is 0.687. The summed E-state index contributed by atoms with van der Waals surface area (Å²) in [6.07, 6.45) is 1.15. The Morgan fingerprint density at radius 3 is 3.00 bits per heavy atom. The van der Waals surface area contributed by atoms with E-state index in [0.717, 1.165) is 44.1 Å². The Morgan fingerprint density at radius 2 is 2.33 bits per heavy atom. The van der Waals surface area contributed by atoms with E-state index < -0.39 is 0 Å². The molecule has 0 aliphatic carbocycles. The minimum atomic E-state index is 0.687. The number of hydrogen-bond acceptors (Lipinski definition) is 5. The third-order valence-corrected chi connectivity index (χ3v) is 4.14. The quantitative estimate of drug-likeness (QED) is 0.825. The molecule has 2 heterocycles. The van der Waals surface area contributed by atoms with Gasteiger partial charge in [-0.15, -0.1) is 5.10 Å². The first-order valence-corrected chi connectivity index (χ1v) is 7.74. The molecule has 1 aromatic heterocycles. The predicted octanol–water partition coefficient (Wildman–Crippen LogP) is 1.92. The number of nitrogens with zero attached hydrogens (tertiary/aromatic N) is 3. The van der Waals surface area contributed by atoms with Crippen molar-refractivity contribution in [3.05, 3.63) is 17.8 Å². The van der Waals surface area contributed by atoms with Gasteiger partial charge in [0.2, 0.25) is 0 Å². The lowest BCUT2D eigenvalue weighted by atomic mass is 10.3. The zero-order valence-corrected chi connectivity index (χ0v) is 12.0. The molecule has 0 amide bonds. The fourth-order valence-corrected chi connectivity index (χ4v) is 3.05. The van der Waals surface area contributed by atoms with Crippen LogP contribution < -0.4 is 10.2 Å². The van der Waals surface area contributed by atoms with Gasteiger partial charge in [-0.3, -0.25) is 0 Å². The van der Waals surface area contributed by atoms with Crippen LogP contribution in [-0.4, -0.2) is 40.8 Å². The molecule has 0 saturated carbocycles. The number of hydrogen-bond donors (Lipinski definition) is 1. The van der Waals surface area contributed by atoms with E-state index in [9.17, 15) is 0 Å². The predicted molar refractivity (Wildman–Crippen MR) is 78.2 cm³/mol. The lowest BCUT2D eigenvalue weighted by Crippen LogP contribution is -2.37. The van der Waals surface area contributed by atoms with Crippen LogP contribution in [0.2, 0.25) is 0 Å². The molecule has 5 heteroatoms. The van der Waals surface area contributed by atoms with Crippen LogP contribution in [0.5, 0.6) is 0 Å². The fraction of sp³-hybridized carbons (Fsp3) is 0.692. The maximum atomic E-state index is 4.34. The summed E-state index contributed by atoms with van der Waals surface area (Å²) in [6, 6.07) is 4.18. The molecule has 100 valence electrons. The van der Waals surface area contributed by atoms with Crippen LogP contribution in [0.3, 0.4) is 0 Å². The summed E-state index contributed by atoms with van der Waals surface area (Å²) in [4.78, 5) is 2.33. The van der Waals surface area contributed by atoms with E-state index in [1.54, 1.807) is 0 Å². The lowest BCUT2D eigenvalue weighted by Gasteiger charge is -2.31. The van der Waals surface area contributed by atoms with Crippen molar-refractivity contribution in [2.45, 2.75) is 32.1 Å². The average Bonchev–Trinajstić information content (AvgIpc) is 2.40. The van der Waals surface area contributed by atoms with E-state index in [1.165, 1.54) is 5.75 Å². The van der Waals surface area contributed by atoms with E-state index >= 15 is 0 Å². The van der Waals surface area contributed by atoms with Crippen molar-refractivity contribution in [1.82, 2.24) is 15.5 Å². The Bertz CT molecular complexity index is 355. The summed E-state index contributed by atoms with van der Waals surface area (Å²) in [5.74, 6) is 2.20. The van der Waals surface area contributed by atoms with Crippen molar-refractivity contribution in [2.75, 3.05) is 30.3 Å². The molecule has 1 unspecified atom stereocenters. The molecule has 1 saturated heterocycles. The zero-order chi connectivity index (χ0) is 12.8. The van der Waals surface area contributed by atoms with Gasteiger partial charge in [0.05, 0.1) is 5.69 Å². The van der Waals surface area contributed by atoms with Gasteiger partial charge in [-0.05, 0) is 25.1 Å². The zero-order valence-electron chi connectivity index (χ0n) is 11.2. The Balaban J connectivity index is 1.90.